The van der Waals surface area contributed by atoms with E-state index in [9.17, 15) is 4.79 Å². The average molecular weight is 297 g/mol. The molecule has 2 heterocycles. The molecule has 0 spiro atoms. The lowest BCUT2D eigenvalue weighted by molar-refractivity contribution is 0.101. The van der Waals surface area contributed by atoms with Crippen LogP contribution in [0.2, 0.25) is 0 Å². The van der Waals surface area contributed by atoms with Crippen molar-refractivity contribution in [2.75, 3.05) is 5.32 Å². The van der Waals surface area contributed by atoms with Gasteiger partial charge in [0.1, 0.15) is 0 Å². The summed E-state index contributed by atoms with van der Waals surface area (Å²) in [6.07, 6.45) is 1.74. The Hall–Kier alpha value is -2.96. The van der Waals surface area contributed by atoms with E-state index in [1.165, 1.54) is 0 Å². The highest BCUT2D eigenvalue weighted by molar-refractivity contribution is 6.01. The Morgan fingerprint density at radius 2 is 2.18 bits per heavy atom. The Bertz CT molecular complexity index is 806. The number of benzene rings is 1. The van der Waals surface area contributed by atoms with E-state index in [4.69, 9.17) is 4.42 Å². The van der Waals surface area contributed by atoms with Gasteiger partial charge in [0.2, 0.25) is 5.89 Å². The molecule has 0 fully saturated rings. The van der Waals surface area contributed by atoms with Crippen LogP contribution in [0.3, 0.4) is 0 Å². The number of nitrogens with one attached hydrogen (secondary N) is 1. The molecule has 1 N–H and O–H groups in total. The van der Waals surface area contributed by atoms with Crippen LogP contribution in [-0.4, -0.2) is 25.9 Å². The molecule has 0 saturated heterocycles. The Balaban J connectivity index is 1.75. The number of rotatable bonds is 4. The van der Waals surface area contributed by atoms with Crippen LogP contribution in [0.15, 0.2) is 40.9 Å². The SMILES string of the molecule is CCn1ccc(C(=O)Nc2nnc(-c3cccc(C)c3)o2)n1. The molecule has 3 rings (SSSR count). The first-order chi connectivity index (χ1) is 10.7. The standard InChI is InChI=1S/C15H15N5O2/c1-3-20-8-7-12(19-20)13(21)16-15-18-17-14(22-15)11-6-4-5-10(2)9-11/h4-9H,3H2,1-2H3,(H,16,18,21). The molecular weight excluding hydrogens is 282 g/mol. The summed E-state index contributed by atoms with van der Waals surface area (Å²) in [5, 5.41) is 14.4. The summed E-state index contributed by atoms with van der Waals surface area (Å²) in [4.78, 5) is 12.0. The lowest BCUT2D eigenvalue weighted by Gasteiger charge is -1.97. The number of carbonyl (C=O) groups is 1. The van der Waals surface area contributed by atoms with Crippen LogP contribution in [-0.2, 0) is 6.54 Å². The van der Waals surface area contributed by atoms with Crippen LogP contribution in [0, 0.1) is 6.92 Å². The highest BCUT2D eigenvalue weighted by atomic mass is 16.4. The summed E-state index contributed by atoms with van der Waals surface area (Å²) in [5.74, 6) is -0.0234. The maximum atomic E-state index is 12.0. The first kappa shape index (κ1) is 14.0. The van der Waals surface area contributed by atoms with E-state index in [1.54, 1.807) is 16.9 Å². The third-order valence-corrected chi connectivity index (χ3v) is 3.11. The number of hydrogen-bond donors (Lipinski definition) is 1. The van der Waals surface area contributed by atoms with Gasteiger partial charge in [0.05, 0.1) is 0 Å². The first-order valence-corrected chi connectivity index (χ1v) is 6.91. The quantitative estimate of drug-likeness (QED) is 0.799. The molecule has 3 aromatic rings. The molecule has 0 aliphatic carbocycles. The number of hydrogen-bond acceptors (Lipinski definition) is 5. The third kappa shape index (κ3) is 2.88. The summed E-state index contributed by atoms with van der Waals surface area (Å²) >= 11 is 0. The number of aromatic nitrogens is 4. The molecule has 0 unspecified atom stereocenters. The monoisotopic (exact) mass is 297 g/mol. The second-order valence-electron chi connectivity index (χ2n) is 4.79. The predicted molar refractivity (Wildman–Crippen MR) is 80.3 cm³/mol. The minimum absolute atomic E-state index is 0.0487. The zero-order valence-electron chi connectivity index (χ0n) is 12.3. The van der Waals surface area contributed by atoms with Gasteiger partial charge < -0.3 is 4.42 Å². The van der Waals surface area contributed by atoms with Crippen molar-refractivity contribution < 1.29 is 9.21 Å². The molecule has 22 heavy (non-hydrogen) atoms. The highest BCUT2D eigenvalue weighted by Gasteiger charge is 2.14. The molecule has 7 nitrogen and oxygen atoms in total. The lowest BCUT2D eigenvalue weighted by atomic mass is 10.1. The smallest absolute Gasteiger partial charge is 0.322 e. The number of anilines is 1. The van der Waals surface area contributed by atoms with Crippen LogP contribution >= 0.6 is 0 Å². The van der Waals surface area contributed by atoms with Crippen LogP contribution in [0.1, 0.15) is 23.0 Å². The Kier molecular flexibility index (Phi) is 3.69. The molecule has 1 amide bonds. The molecule has 112 valence electrons. The summed E-state index contributed by atoms with van der Waals surface area (Å²) in [6, 6.07) is 9.37. The van der Waals surface area contributed by atoms with Crippen molar-refractivity contribution in [1.82, 2.24) is 20.0 Å². The number of nitrogens with zero attached hydrogens (tertiary/aromatic N) is 4. The molecule has 1 aromatic carbocycles. The molecule has 7 heteroatoms. The van der Waals surface area contributed by atoms with Crippen molar-refractivity contribution in [3.8, 4) is 11.5 Å². The molecular formula is C15H15N5O2. The van der Waals surface area contributed by atoms with Gasteiger partial charge in [0.25, 0.3) is 5.91 Å². The largest absolute Gasteiger partial charge is 0.403 e. The van der Waals surface area contributed by atoms with Gasteiger partial charge in [-0.2, -0.15) is 5.10 Å². The van der Waals surface area contributed by atoms with E-state index >= 15 is 0 Å². The second-order valence-corrected chi connectivity index (χ2v) is 4.79. The number of amides is 1. The van der Waals surface area contributed by atoms with Gasteiger partial charge in [-0.25, -0.2) is 0 Å². The van der Waals surface area contributed by atoms with E-state index in [0.29, 0.717) is 18.1 Å². The third-order valence-electron chi connectivity index (χ3n) is 3.11. The minimum atomic E-state index is -0.383. The normalized spacial score (nSPS) is 10.6. The average Bonchev–Trinajstić information content (AvgIpc) is 3.16. The minimum Gasteiger partial charge on any atom is -0.403 e. The second kappa shape index (κ2) is 5.80. The van der Waals surface area contributed by atoms with Gasteiger partial charge in [0.15, 0.2) is 5.69 Å². The molecule has 0 aliphatic heterocycles. The van der Waals surface area contributed by atoms with Crippen molar-refractivity contribution in [3.63, 3.8) is 0 Å². The fourth-order valence-electron chi connectivity index (χ4n) is 1.99. The molecule has 0 saturated carbocycles. The zero-order chi connectivity index (χ0) is 15.5. The fraction of sp³-hybridized carbons (Fsp3) is 0.200. The number of aryl methyl sites for hydroxylation is 2. The predicted octanol–water partition coefficient (Wildman–Crippen LogP) is 2.51. The van der Waals surface area contributed by atoms with Crippen LogP contribution < -0.4 is 5.32 Å². The topological polar surface area (TPSA) is 85.8 Å². The van der Waals surface area contributed by atoms with Gasteiger partial charge in [-0.15, -0.1) is 5.10 Å². The maximum Gasteiger partial charge on any atom is 0.322 e. The fourth-order valence-corrected chi connectivity index (χ4v) is 1.99. The first-order valence-electron chi connectivity index (χ1n) is 6.91. The summed E-state index contributed by atoms with van der Waals surface area (Å²) < 4.78 is 7.13. The molecule has 0 aliphatic rings. The van der Waals surface area contributed by atoms with Crippen molar-refractivity contribution in [3.05, 3.63) is 47.8 Å². The van der Waals surface area contributed by atoms with E-state index in [2.05, 4.69) is 20.6 Å². The van der Waals surface area contributed by atoms with Gasteiger partial charge >= 0.3 is 6.01 Å². The van der Waals surface area contributed by atoms with Crippen LogP contribution in [0.5, 0.6) is 0 Å². The molecule has 0 radical (unpaired) electrons. The summed E-state index contributed by atoms with van der Waals surface area (Å²) in [6.45, 7) is 4.62. The van der Waals surface area contributed by atoms with Crippen molar-refractivity contribution >= 4 is 11.9 Å². The van der Waals surface area contributed by atoms with Crippen LogP contribution in [0.25, 0.3) is 11.5 Å². The Morgan fingerprint density at radius 1 is 1.32 bits per heavy atom. The summed E-state index contributed by atoms with van der Waals surface area (Å²) in [5.41, 5.74) is 2.20. The van der Waals surface area contributed by atoms with E-state index in [0.717, 1.165) is 11.1 Å². The van der Waals surface area contributed by atoms with Gasteiger partial charge in [-0.1, -0.05) is 22.8 Å². The highest BCUT2D eigenvalue weighted by Crippen LogP contribution is 2.20. The number of carbonyl (C=O) groups excluding carboxylic acids is 1. The van der Waals surface area contributed by atoms with Gasteiger partial charge in [-0.3, -0.25) is 14.8 Å². The van der Waals surface area contributed by atoms with Crippen molar-refractivity contribution in [2.24, 2.45) is 0 Å². The molecule has 0 bridgehead atoms. The molecule has 0 atom stereocenters. The lowest BCUT2D eigenvalue weighted by Crippen LogP contribution is -2.13. The van der Waals surface area contributed by atoms with E-state index in [1.807, 2.05) is 38.1 Å². The summed E-state index contributed by atoms with van der Waals surface area (Å²) in [7, 11) is 0. The van der Waals surface area contributed by atoms with Crippen LogP contribution in [0.4, 0.5) is 6.01 Å². The Morgan fingerprint density at radius 3 is 2.91 bits per heavy atom. The van der Waals surface area contributed by atoms with E-state index < -0.39 is 0 Å². The zero-order valence-corrected chi connectivity index (χ0v) is 12.3. The Labute approximate surface area is 127 Å². The van der Waals surface area contributed by atoms with Gasteiger partial charge in [0, 0.05) is 18.3 Å². The van der Waals surface area contributed by atoms with Crippen molar-refractivity contribution in [1.29, 1.82) is 0 Å². The van der Waals surface area contributed by atoms with Crippen molar-refractivity contribution in [2.45, 2.75) is 20.4 Å². The van der Waals surface area contributed by atoms with E-state index in [-0.39, 0.29) is 11.9 Å². The van der Waals surface area contributed by atoms with Gasteiger partial charge in [-0.05, 0) is 32.0 Å². The molecule has 2 aromatic heterocycles. The maximum absolute atomic E-state index is 12.0.